The molecule has 0 amide bonds. The highest BCUT2D eigenvalue weighted by Gasteiger charge is 2.64. The van der Waals surface area contributed by atoms with E-state index >= 15 is 0 Å². The van der Waals surface area contributed by atoms with E-state index in [1.54, 1.807) is 0 Å². The van der Waals surface area contributed by atoms with Crippen LogP contribution in [-0.4, -0.2) is 23.5 Å². The number of aromatic nitrogens is 1. The molecule has 1 aliphatic heterocycles. The molecule has 0 unspecified atom stereocenters. The average Bonchev–Trinajstić information content (AvgIpc) is 3.41. The molecule has 0 spiro atoms. The van der Waals surface area contributed by atoms with Gasteiger partial charge in [0.1, 0.15) is 11.9 Å². The van der Waals surface area contributed by atoms with E-state index in [2.05, 4.69) is 20.1 Å². The SMILES string of the molecule is [C-]#[N+]c1cnc2c(c1)CC[C@H]2Nc1ccc(F)c([C@@]2(C(F)F)N=C(N)O[C@@H]3C[C@@H]32)c1. The van der Waals surface area contributed by atoms with E-state index in [0.29, 0.717) is 17.8 Å². The van der Waals surface area contributed by atoms with Gasteiger partial charge in [0.15, 0.2) is 5.54 Å². The first-order valence-electron chi connectivity index (χ1n) is 9.65. The second-order valence-electron chi connectivity index (χ2n) is 7.85. The predicted octanol–water partition coefficient (Wildman–Crippen LogP) is 4.06. The van der Waals surface area contributed by atoms with Gasteiger partial charge in [-0.3, -0.25) is 4.98 Å². The highest BCUT2D eigenvalue weighted by atomic mass is 19.3. The zero-order valence-electron chi connectivity index (χ0n) is 15.8. The smallest absolute Gasteiger partial charge is 0.283 e. The summed E-state index contributed by atoms with van der Waals surface area (Å²) in [6, 6.07) is 5.40. The summed E-state index contributed by atoms with van der Waals surface area (Å²) < 4.78 is 48.5. The fourth-order valence-electron chi connectivity index (χ4n) is 4.58. The Labute approximate surface area is 170 Å². The molecule has 0 radical (unpaired) electrons. The van der Waals surface area contributed by atoms with Crippen LogP contribution in [0.5, 0.6) is 0 Å². The third kappa shape index (κ3) is 2.78. The van der Waals surface area contributed by atoms with Crippen LogP contribution >= 0.6 is 0 Å². The number of rotatable bonds is 4. The van der Waals surface area contributed by atoms with Crippen molar-refractivity contribution in [3.8, 4) is 0 Å². The number of nitrogens with zero attached hydrogens (tertiary/aromatic N) is 3. The van der Waals surface area contributed by atoms with E-state index in [1.807, 2.05) is 6.07 Å². The normalized spacial score (nSPS) is 28.8. The third-order valence-electron chi connectivity index (χ3n) is 6.08. The van der Waals surface area contributed by atoms with Crippen LogP contribution in [0.4, 0.5) is 24.5 Å². The lowest BCUT2D eigenvalue weighted by atomic mass is 9.84. The lowest BCUT2D eigenvalue weighted by molar-refractivity contribution is 0.0177. The number of aryl methyl sites for hydroxylation is 1. The van der Waals surface area contributed by atoms with Gasteiger partial charge < -0.3 is 15.8 Å². The number of anilines is 1. The molecule has 30 heavy (non-hydrogen) atoms. The molecule has 2 aliphatic carbocycles. The summed E-state index contributed by atoms with van der Waals surface area (Å²) in [6.45, 7) is 7.11. The summed E-state index contributed by atoms with van der Waals surface area (Å²) >= 11 is 0. The summed E-state index contributed by atoms with van der Waals surface area (Å²) in [7, 11) is 0. The molecular formula is C21H18F3N5O. The second kappa shape index (κ2) is 6.62. The van der Waals surface area contributed by atoms with Crippen LogP contribution in [0.15, 0.2) is 35.5 Å². The molecule has 9 heteroatoms. The average molecular weight is 413 g/mol. The van der Waals surface area contributed by atoms with Gasteiger partial charge in [-0.2, -0.15) is 0 Å². The number of nitrogens with one attached hydrogen (secondary N) is 1. The Balaban J connectivity index is 1.50. The van der Waals surface area contributed by atoms with Gasteiger partial charge in [0.25, 0.3) is 12.4 Å². The number of nitrogens with two attached hydrogens (primary N) is 1. The molecule has 5 rings (SSSR count). The number of hydrogen-bond donors (Lipinski definition) is 2. The number of aliphatic imine (C=N–C) groups is 1. The van der Waals surface area contributed by atoms with Crippen LogP contribution in [-0.2, 0) is 16.7 Å². The van der Waals surface area contributed by atoms with Crippen LogP contribution in [0, 0.1) is 18.3 Å². The maximum Gasteiger partial charge on any atom is 0.283 e. The van der Waals surface area contributed by atoms with E-state index in [1.165, 1.54) is 24.4 Å². The summed E-state index contributed by atoms with van der Waals surface area (Å²) in [5, 5.41) is 3.27. The van der Waals surface area contributed by atoms with Crippen LogP contribution < -0.4 is 11.1 Å². The number of pyridine rings is 1. The first-order valence-corrected chi connectivity index (χ1v) is 9.65. The number of ether oxygens (including phenoxy) is 1. The Kier molecular flexibility index (Phi) is 4.13. The molecule has 0 saturated heterocycles. The minimum atomic E-state index is -2.93. The molecule has 1 fully saturated rings. The molecule has 3 aliphatic rings. The zero-order valence-corrected chi connectivity index (χ0v) is 15.8. The fraction of sp³-hybridized carbons (Fsp3) is 0.381. The van der Waals surface area contributed by atoms with Gasteiger partial charge in [0.2, 0.25) is 5.69 Å². The molecular weight excluding hydrogens is 395 g/mol. The molecule has 1 saturated carbocycles. The van der Waals surface area contributed by atoms with Gasteiger partial charge in [0.05, 0.1) is 18.3 Å². The zero-order chi connectivity index (χ0) is 21.0. The van der Waals surface area contributed by atoms with Crippen LogP contribution in [0.3, 0.4) is 0 Å². The van der Waals surface area contributed by atoms with Gasteiger partial charge >= 0.3 is 0 Å². The van der Waals surface area contributed by atoms with Crippen molar-refractivity contribution in [2.24, 2.45) is 16.6 Å². The molecule has 2 heterocycles. The first-order chi connectivity index (χ1) is 14.4. The molecule has 3 N–H and O–H groups in total. The van der Waals surface area contributed by atoms with Crippen molar-refractivity contribution in [1.82, 2.24) is 4.98 Å². The van der Waals surface area contributed by atoms with Crippen molar-refractivity contribution in [2.45, 2.75) is 43.4 Å². The van der Waals surface area contributed by atoms with Crippen LogP contribution in [0.2, 0.25) is 0 Å². The van der Waals surface area contributed by atoms with Crippen molar-refractivity contribution >= 4 is 17.4 Å². The van der Waals surface area contributed by atoms with Crippen LogP contribution in [0.25, 0.3) is 4.85 Å². The molecule has 154 valence electrons. The monoisotopic (exact) mass is 413 g/mol. The molecule has 6 nitrogen and oxygen atoms in total. The number of halogens is 3. The van der Waals surface area contributed by atoms with Crippen molar-refractivity contribution < 1.29 is 17.9 Å². The predicted molar refractivity (Wildman–Crippen MR) is 104 cm³/mol. The Bertz CT molecular complexity index is 1100. The summed E-state index contributed by atoms with van der Waals surface area (Å²) in [6.07, 6.45) is -0.0359. The van der Waals surface area contributed by atoms with E-state index < -0.39 is 29.8 Å². The largest absolute Gasteiger partial charge is 0.462 e. The van der Waals surface area contributed by atoms with Crippen LogP contribution in [0.1, 0.15) is 35.7 Å². The van der Waals surface area contributed by atoms with Crippen molar-refractivity contribution in [1.29, 1.82) is 0 Å². The molecule has 1 aromatic carbocycles. The Morgan fingerprint density at radius 2 is 2.17 bits per heavy atom. The first kappa shape index (κ1) is 18.7. The second-order valence-corrected chi connectivity index (χ2v) is 7.85. The number of hydrogen-bond acceptors (Lipinski definition) is 5. The topological polar surface area (TPSA) is 76.9 Å². The van der Waals surface area contributed by atoms with E-state index in [0.717, 1.165) is 24.1 Å². The molecule has 1 aromatic heterocycles. The quantitative estimate of drug-likeness (QED) is 0.741. The molecule has 2 aromatic rings. The maximum atomic E-state index is 14.8. The highest BCUT2D eigenvalue weighted by Crippen LogP contribution is 2.56. The third-order valence-corrected chi connectivity index (χ3v) is 6.08. The summed E-state index contributed by atoms with van der Waals surface area (Å²) in [4.78, 5) is 11.7. The van der Waals surface area contributed by atoms with Crippen molar-refractivity contribution in [3.63, 3.8) is 0 Å². The van der Waals surface area contributed by atoms with Gasteiger partial charge in [-0.1, -0.05) is 0 Å². The van der Waals surface area contributed by atoms with Crippen molar-refractivity contribution in [2.75, 3.05) is 5.32 Å². The minimum Gasteiger partial charge on any atom is -0.462 e. The van der Waals surface area contributed by atoms with E-state index in [9.17, 15) is 13.2 Å². The Hall–Kier alpha value is -3.28. The number of alkyl halides is 2. The number of fused-ring (bicyclic) bond motifs is 2. The van der Waals surface area contributed by atoms with E-state index in [4.69, 9.17) is 17.0 Å². The Morgan fingerprint density at radius 3 is 2.93 bits per heavy atom. The van der Waals surface area contributed by atoms with Gasteiger partial charge in [-0.25, -0.2) is 23.0 Å². The standard InChI is InChI=1S/C21H18F3N5O/c1-26-12-6-10-2-5-16(18(10)27-9-12)28-11-3-4-15(22)13(7-11)21(19(23)24)14-8-17(14)30-20(25)29-21/h3-4,6-7,9,14,16-17,19,28H,2,5,8H2,(H2,25,29)/t14-,16+,17+,21+/m0/s1. The van der Waals surface area contributed by atoms with Gasteiger partial charge in [-0.15, -0.1) is 0 Å². The fourth-order valence-corrected chi connectivity index (χ4v) is 4.58. The highest BCUT2D eigenvalue weighted by molar-refractivity contribution is 5.74. The van der Waals surface area contributed by atoms with Gasteiger partial charge in [-0.05, 0) is 49.1 Å². The lowest BCUT2D eigenvalue weighted by Crippen LogP contribution is -2.43. The Morgan fingerprint density at radius 1 is 1.33 bits per heavy atom. The number of amidine groups is 1. The maximum absolute atomic E-state index is 14.8. The molecule has 4 atom stereocenters. The molecule has 0 bridgehead atoms. The van der Waals surface area contributed by atoms with Crippen molar-refractivity contribution in [3.05, 3.63) is 64.5 Å². The lowest BCUT2D eigenvalue weighted by Gasteiger charge is -2.33. The summed E-state index contributed by atoms with van der Waals surface area (Å²) in [5.41, 5.74) is 6.16. The van der Waals surface area contributed by atoms with Gasteiger partial charge in [0, 0.05) is 23.4 Å². The number of benzene rings is 1. The summed E-state index contributed by atoms with van der Waals surface area (Å²) in [5.74, 6) is -1.37. The van der Waals surface area contributed by atoms with E-state index in [-0.39, 0.29) is 17.6 Å². The minimum absolute atomic E-state index is 0.155.